The van der Waals surface area contributed by atoms with Crippen LogP contribution in [0.15, 0.2) is 0 Å². The lowest BCUT2D eigenvalue weighted by atomic mass is 10.3. The third-order valence-electron chi connectivity index (χ3n) is 1.48. The Morgan fingerprint density at radius 1 is 0.833 bits per heavy atom. The number of rotatable bonds is 5. The van der Waals surface area contributed by atoms with Crippen molar-refractivity contribution in [3.8, 4) is 0 Å². The zero-order chi connectivity index (χ0) is 14.6. The quantitative estimate of drug-likeness (QED) is 0.621. The highest BCUT2D eigenvalue weighted by atomic mass is 19.4. The van der Waals surface area contributed by atoms with Gasteiger partial charge in [-0.1, -0.05) is 0 Å². The Morgan fingerprint density at radius 2 is 1.28 bits per heavy atom. The minimum absolute atomic E-state index is 0.790. The van der Waals surface area contributed by atoms with Crippen LogP contribution in [0.5, 0.6) is 0 Å². The summed E-state index contributed by atoms with van der Waals surface area (Å²) in [5, 5.41) is 1.60. The fourth-order valence-electron chi connectivity index (χ4n) is 0.854. The maximum absolute atomic E-state index is 11.9. The average Bonchev–Trinajstić information content (AvgIpc) is 2.04. The van der Waals surface area contributed by atoms with Crippen molar-refractivity contribution in [2.45, 2.75) is 24.6 Å². The summed E-state index contributed by atoms with van der Waals surface area (Å²) in [6.45, 7) is -3.47. The molecule has 110 valence electrons. The van der Waals surface area contributed by atoms with E-state index < -0.39 is 44.3 Å². The lowest BCUT2D eigenvalue weighted by molar-refractivity contribution is -0.321. The Labute approximate surface area is 95.1 Å². The minimum Gasteiger partial charge on any atom is -0.360 e. The Morgan fingerprint density at radius 3 is 1.61 bits per heavy atom. The predicted octanol–water partition coefficient (Wildman–Crippen LogP) is 2.65. The van der Waals surface area contributed by atoms with E-state index >= 15 is 0 Å². The molecule has 0 aliphatic carbocycles. The van der Waals surface area contributed by atoms with Gasteiger partial charge in [-0.2, -0.15) is 39.5 Å². The predicted molar refractivity (Wildman–Crippen MR) is 40.8 cm³/mol. The third-order valence-corrected chi connectivity index (χ3v) is 1.48. The summed E-state index contributed by atoms with van der Waals surface area (Å²) in [6.07, 6.45) is -19.9. The van der Waals surface area contributed by atoms with Gasteiger partial charge in [-0.25, -0.2) is 0 Å². The molecule has 2 nitrogen and oxygen atoms in total. The van der Waals surface area contributed by atoms with E-state index in [1.54, 1.807) is 5.32 Å². The van der Waals surface area contributed by atoms with Gasteiger partial charge in [0.05, 0.1) is 13.2 Å². The second-order valence-electron chi connectivity index (χ2n) is 3.13. The summed E-state index contributed by atoms with van der Waals surface area (Å²) in [6, 6.07) is 0. The van der Waals surface area contributed by atoms with Crippen LogP contribution in [0.2, 0.25) is 0 Å². The summed E-state index contributed by atoms with van der Waals surface area (Å²) >= 11 is 0. The molecule has 0 aromatic rings. The fourth-order valence-corrected chi connectivity index (χ4v) is 0.854. The molecule has 0 heterocycles. The number of ether oxygens (including phenoxy) is 1. The molecule has 0 bridgehead atoms. The van der Waals surface area contributed by atoms with E-state index in [0.29, 0.717) is 0 Å². The molecule has 18 heavy (non-hydrogen) atoms. The first-order chi connectivity index (χ1) is 7.84. The molecule has 0 aliphatic heterocycles. The lowest BCUT2D eigenvalue weighted by Crippen LogP contribution is -2.45. The van der Waals surface area contributed by atoms with Crippen molar-refractivity contribution in [2.24, 2.45) is 0 Å². The molecule has 0 atom stereocenters. The van der Waals surface area contributed by atoms with Gasteiger partial charge in [0.15, 0.2) is 0 Å². The third kappa shape index (κ3) is 7.58. The van der Waals surface area contributed by atoms with Crippen LogP contribution < -0.4 is 5.32 Å². The zero-order valence-corrected chi connectivity index (χ0v) is 8.51. The Bertz CT molecular complexity index is 229. The molecule has 0 radical (unpaired) electrons. The van der Waals surface area contributed by atoms with Crippen LogP contribution in [-0.2, 0) is 4.74 Å². The molecule has 1 N–H and O–H groups in total. The molecule has 0 fully saturated rings. The molecule has 0 aromatic heterocycles. The fraction of sp³-hybridized carbons (Fsp3) is 1.00. The molecule has 0 amide bonds. The molecule has 0 saturated heterocycles. The largest absolute Gasteiger partial charge is 0.423 e. The summed E-state index contributed by atoms with van der Waals surface area (Å²) < 4.78 is 109. The van der Waals surface area contributed by atoms with Crippen LogP contribution in [0.25, 0.3) is 0 Å². The monoisotopic (exact) mass is 293 g/mol. The Hall–Kier alpha value is -0.710. The van der Waals surface area contributed by atoms with E-state index in [2.05, 4.69) is 4.74 Å². The molecule has 0 spiro atoms. The average molecular weight is 293 g/mol. The van der Waals surface area contributed by atoms with Gasteiger partial charge in [-0.3, -0.25) is 0 Å². The second-order valence-corrected chi connectivity index (χ2v) is 3.13. The molecule has 0 aromatic carbocycles. The molecule has 0 unspecified atom stereocenters. The van der Waals surface area contributed by atoms with E-state index in [0.717, 1.165) is 0 Å². The maximum Gasteiger partial charge on any atom is 0.423 e. The van der Waals surface area contributed by atoms with E-state index in [9.17, 15) is 39.5 Å². The van der Waals surface area contributed by atoms with Crippen LogP contribution in [0, 0.1) is 0 Å². The first-order valence-electron chi connectivity index (χ1n) is 4.36. The van der Waals surface area contributed by atoms with Gasteiger partial charge >= 0.3 is 18.5 Å². The van der Waals surface area contributed by atoms with Crippen molar-refractivity contribution in [1.82, 2.24) is 5.32 Å². The van der Waals surface area contributed by atoms with Gasteiger partial charge in [0, 0.05) is 6.54 Å². The van der Waals surface area contributed by atoms with E-state index in [1.165, 1.54) is 0 Å². The maximum atomic E-state index is 11.9. The second kappa shape index (κ2) is 5.95. The SMILES string of the molecule is FC(F)(F)CNCCOC(C(F)(F)F)C(F)(F)F. The number of alkyl halides is 9. The van der Waals surface area contributed by atoms with Crippen molar-refractivity contribution >= 4 is 0 Å². The molecule has 11 heteroatoms. The van der Waals surface area contributed by atoms with Gasteiger partial charge in [-0.15, -0.1) is 0 Å². The van der Waals surface area contributed by atoms with Crippen LogP contribution in [0.3, 0.4) is 0 Å². The minimum atomic E-state index is -5.66. The highest BCUT2D eigenvalue weighted by Gasteiger charge is 2.57. The summed E-state index contributed by atoms with van der Waals surface area (Å²) in [5.74, 6) is 0. The first kappa shape index (κ1) is 17.3. The summed E-state index contributed by atoms with van der Waals surface area (Å²) in [4.78, 5) is 0. The highest BCUT2D eigenvalue weighted by Crippen LogP contribution is 2.35. The Balaban J connectivity index is 4.08. The van der Waals surface area contributed by atoms with Gasteiger partial charge < -0.3 is 10.1 Å². The molecule has 0 aliphatic rings. The number of nitrogens with one attached hydrogen (secondary N) is 1. The van der Waals surface area contributed by atoms with Crippen molar-refractivity contribution in [3.63, 3.8) is 0 Å². The summed E-state index contributed by atoms with van der Waals surface area (Å²) in [5.41, 5.74) is 0. The van der Waals surface area contributed by atoms with Crippen molar-refractivity contribution in [1.29, 1.82) is 0 Å². The Kier molecular flexibility index (Phi) is 5.72. The van der Waals surface area contributed by atoms with E-state index in [4.69, 9.17) is 0 Å². The molecule has 0 rings (SSSR count). The zero-order valence-electron chi connectivity index (χ0n) is 8.51. The van der Waals surface area contributed by atoms with E-state index in [1.807, 2.05) is 0 Å². The van der Waals surface area contributed by atoms with Crippen LogP contribution in [0.4, 0.5) is 39.5 Å². The topological polar surface area (TPSA) is 21.3 Å². The summed E-state index contributed by atoms with van der Waals surface area (Å²) in [7, 11) is 0. The van der Waals surface area contributed by atoms with Gasteiger partial charge in [-0.05, 0) is 0 Å². The van der Waals surface area contributed by atoms with Gasteiger partial charge in [0.2, 0.25) is 6.10 Å². The standard InChI is InChI=1S/C7H8F9NO/c8-5(9,10)3-17-1-2-18-4(6(11,12)13)7(14,15)16/h4,17H,1-3H2. The lowest BCUT2D eigenvalue weighted by Gasteiger charge is -2.23. The van der Waals surface area contributed by atoms with Crippen LogP contribution >= 0.6 is 0 Å². The molecular weight excluding hydrogens is 285 g/mol. The van der Waals surface area contributed by atoms with Gasteiger partial charge in [0.25, 0.3) is 0 Å². The van der Waals surface area contributed by atoms with Crippen molar-refractivity contribution < 1.29 is 44.3 Å². The van der Waals surface area contributed by atoms with Crippen molar-refractivity contribution in [3.05, 3.63) is 0 Å². The number of hydrogen-bond acceptors (Lipinski definition) is 2. The molecule has 0 saturated carbocycles. The van der Waals surface area contributed by atoms with Crippen LogP contribution in [0.1, 0.15) is 0 Å². The normalized spacial score (nSPS) is 14.3. The highest BCUT2D eigenvalue weighted by molar-refractivity contribution is 4.76. The number of hydrogen-bond donors (Lipinski definition) is 1. The van der Waals surface area contributed by atoms with Gasteiger partial charge in [0.1, 0.15) is 0 Å². The first-order valence-corrected chi connectivity index (χ1v) is 4.36. The molecular formula is C7H8F9NO. The van der Waals surface area contributed by atoms with Crippen molar-refractivity contribution in [2.75, 3.05) is 19.7 Å². The van der Waals surface area contributed by atoms with Crippen LogP contribution in [-0.4, -0.2) is 44.3 Å². The smallest absolute Gasteiger partial charge is 0.360 e. The number of halogens is 9. The van der Waals surface area contributed by atoms with E-state index in [-0.39, 0.29) is 0 Å².